The number of carbonyl (C=O) groups is 1. The maximum atomic E-state index is 13.2. The van der Waals surface area contributed by atoms with Crippen molar-refractivity contribution in [3.63, 3.8) is 0 Å². The van der Waals surface area contributed by atoms with Gasteiger partial charge in [0.05, 0.1) is 6.04 Å². The van der Waals surface area contributed by atoms with Crippen LogP contribution in [0.15, 0.2) is 66.0 Å². The van der Waals surface area contributed by atoms with Crippen molar-refractivity contribution in [2.24, 2.45) is 0 Å². The molecule has 0 saturated carbocycles. The predicted octanol–water partition coefficient (Wildman–Crippen LogP) is 6.13. The second-order valence-electron chi connectivity index (χ2n) is 7.91. The van der Waals surface area contributed by atoms with Crippen LogP contribution in [0.25, 0.3) is 11.1 Å². The van der Waals surface area contributed by atoms with Crippen LogP contribution in [0.5, 0.6) is 0 Å². The third-order valence-electron chi connectivity index (χ3n) is 6.02. The SMILES string of the molecule is C[C@@H](c1ccc(-c2ccc(F)cc2)cc1)N1CCC(CCCO)(c2cccs2)OC1=O. The van der Waals surface area contributed by atoms with Crippen molar-refractivity contribution >= 4 is 17.4 Å². The van der Waals surface area contributed by atoms with Gasteiger partial charge in [0.1, 0.15) is 11.4 Å². The van der Waals surface area contributed by atoms with Crippen LogP contribution in [0.1, 0.15) is 42.7 Å². The number of aliphatic hydroxyl groups excluding tert-OH is 1. The Morgan fingerprint density at radius 3 is 2.39 bits per heavy atom. The molecule has 0 spiro atoms. The smallest absolute Gasteiger partial charge is 0.411 e. The average molecular weight is 440 g/mol. The Hall–Kier alpha value is -2.70. The van der Waals surface area contributed by atoms with Gasteiger partial charge >= 0.3 is 6.09 Å². The lowest BCUT2D eigenvalue weighted by Gasteiger charge is -2.43. The fourth-order valence-corrected chi connectivity index (χ4v) is 5.09. The molecule has 2 aromatic carbocycles. The van der Waals surface area contributed by atoms with Gasteiger partial charge < -0.3 is 14.7 Å². The van der Waals surface area contributed by atoms with Gasteiger partial charge in [-0.15, -0.1) is 11.3 Å². The molecule has 2 atom stereocenters. The van der Waals surface area contributed by atoms with E-state index in [1.54, 1.807) is 28.4 Å². The summed E-state index contributed by atoms with van der Waals surface area (Å²) in [5, 5.41) is 11.3. The first-order valence-corrected chi connectivity index (χ1v) is 11.4. The summed E-state index contributed by atoms with van der Waals surface area (Å²) in [6.07, 6.45) is 1.57. The molecule has 6 heteroatoms. The number of rotatable bonds is 7. The Balaban J connectivity index is 1.49. The number of halogens is 1. The summed E-state index contributed by atoms with van der Waals surface area (Å²) < 4.78 is 19.2. The monoisotopic (exact) mass is 439 g/mol. The number of cyclic esters (lactones) is 1. The predicted molar refractivity (Wildman–Crippen MR) is 120 cm³/mol. The molecule has 1 aliphatic heterocycles. The summed E-state index contributed by atoms with van der Waals surface area (Å²) in [5.74, 6) is -0.254. The number of hydrogen-bond acceptors (Lipinski definition) is 4. The minimum atomic E-state index is -0.656. The number of hydrogen-bond donors (Lipinski definition) is 1. The topological polar surface area (TPSA) is 49.8 Å². The summed E-state index contributed by atoms with van der Waals surface area (Å²) in [5.41, 5.74) is 2.30. The van der Waals surface area contributed by atoms with Gasteiger partial charge in [-0.05, 0) is 60.0 Å². The molecule has 1 fully saturated rings. The van der Waals surface area contributed by atoms with Crippen molar-refractivity contribution in [2.45, 2.75) is 37.8 Å². The molecule has 31 heavy (non-hydrogen) atoms. The van der Waals surface area contributed by atoms with E-state index in [4.69, 9.17) is 4.74 Å². The number of amides is 1. The molecule has 4 rings (SSSR count). The fourth-order valence-electron chi connectivity index (χ4n) is 4.17. The zero-order valence-electron chi connectivity index (χ0n) is 17.5. The van der Waals surface area contributed by atoms with Gasteiger partial charge in [0.25, 0.3) is 0 Å². The van der Waals surface area contributed by atoms with Crippen LogP contribution < -0.4 is 0 Å². The molecule has 0 radical (unpaired) electrons. The molecule has 1 unspecified atom stereocenters. The van der Waals surface area contributed by atoms with Crippen LogP contribution in [0, 0.1) is 5.82 Å². The molecule has 0 aliphatic carbocycles. The Morgan fingerprint density at radius 2 is 1.81 bits per heavy atom. The number of thiophene rings is 1. The minimum absolute atomic E-state index is 0.0746. The third kappa shape index (κ3) is 4.50. The van der Waals surface area contributed by atoms with E-state index >= 15 is 0 Å². The highest BCUT2D eigenvalue weighted by molar-refractivity contribution is 7.10. The Labute approximate surface area is 185 Å². The molecule has 1 saturated heterocycles. The highest BCUT2D eigenvalue weighted by Crippen LogP contribution is 2.42. The van der Waals surface area contributed by atoms with Gasteiger partial charge in [-0.25, -0.2) is 9.18 Å². The van der Waals surface area contributed by atoms with Crippen molar-refractivity contribution in [1.82, 2.24) is 4.90 Å². The summed E-state index contributed by atoms with van der Waals surface area (Å²) >= 11 is 1.59. The third-order valence-corrected chi connectivity index (χ3v) is 7.08. The van der Waals surface area contributed by atoms with Crippen molar-refractivity contribution in [2.75, 3.05) is 13.2 Å². The lowest BCUT2D eigenvalue weighted by molar-refractivity contribution is -0.0658. The largest absolute Gasteiger partial charge is 0.437 e. The van der Waals surface area contributed by atoms with Crippen molar-refractivity contribution in [3.05, 3.63) is 82.3 Å². The molecular weight excluding hydrogens is 413 g/mol. The Kier molecular flexibility index (Phi) is 6.39. The number of carbonyl (C=O) groups excluding carboxylic acids is 1. The van der Waals surface area contributed by atoms with Crippen LogP contribution >= 0.6 is 11.3 Å². The van der Waals surface area contributed by atoms with Crippen LogP contribution in [-0.2, 0) is 10.3 Å². The molecular formula is C25H26FNO3S. The van der Waals surface area contributed by atoms with E-state index in [9.17, 15) is 14.3 Å². The van der Waals surface area contributed by atoms with Gasteiger partial charge in [-0.1, -0.05) is 42.5 Å². The van der Waals surface area contributed by atoms with Gasteiger partial charge in [-0.3, -0.25) is 0 Å². The van der Waals surface area contributed by atoms with E-state index in [0.29, 0.717) is 25.8 Å². The van der Waals surface area contributed by atoms with Gasteiger partial charge in [-0.2, -0.15) is 0 Å². The molecule has 162 valence electrons. The first-order chi connectivity index (χ1) is 15.0. The van der Waals surface area contributed by atoms with E-state index < -0.39 is 5.60 Å². The molecule has 4 nitrogen and oxygen atoms in total. The fraction of sp³-hybridized carbons (Fsp3) is 0.320. The molecule has 0 bridgehead atoms. The van der Waals surface area contributed by atoms with E-state index in [0.717, 1.165) is 21.6 Å². The maximum Gasteiger partial charge on any atom is 0.411 e. The zero-order valence-corrected chi connectivity index (χ0v) is 18.3. The highest BCUT2D eigenvalue weighted by atomic mass is 32.1. The van der Waals surface area contributed by atoms with Crippen molar-refractivity contribution in [1.29, 1.82) is 0 Å². The van der Waals surface area contributed by atoms with E-state index in [-0.39, 0.29) is 24.6 Å². The molecule has 1 amide bonds. The lowest BCUT2D eigenvalue weighted by atomic mass is 9.89. The number of aliphatic hydroxyl groups is 1. The summed E-state index contributed by atoms with van der Waals surface area (Å²) in [6, 6.07) is 18.2. The van der Waals surface area contributed by atoms with Gasteiger partial charge in [0.15, 0.2) is 0 Å². The summed E-state index contributed by atoms with van der Waals surface area (Å²) in [6.45, 7) is 2.66. The second kappa shape index (κ2) is 9.20. The normalized spacial score (nSPS) is 19.8. The first-order valence-electron chi connectivity index (χ1n) is 10.5. The van der Waals surface area contributed by atoms with Crippen molar-refractivity contribution < 1.29 is 19.0 Å². The number of nitrogens with zero attached hydrogens (tertiary/aromatic N) is 1. The molecule has 2 heterocycles. The van der Waals surface area contributed by atoms with Gasteiger partial charge in [0.2, 0.25) is 0 Å². The quantitative estimate of drug-likeness (QED) is 0.482. The second-order valence-corrected chi connectivity index (χ2v) is 8.86. The van der Waals surface area contributed by atoms with E-state index in [1.165, 1.54) is 12.1 Å². The number of ether oxygens (including phenoxy) is 1. The van der Waals surface area contributed by atoms with Crippen LogP contribution in [0.3, 0.4) is 0 Å². The first kappa shape index (κ1) is 21.5. The van der Waals surface area contributed by atoms with Crippen LogP contribution in [0.4, 0.5) is 9.18 Å². The summed E-state index contributed by atoms with van der Waals surface area (Å²) in [7, 11) is 0. The van der Waals surface area contributed by atoms with E-state index in [2.05, 4.69) is 0 Å². The van der Waals surface area contributed by atoms with E-state index in [1.807, 2.05) is 48.7 Å². The van der Waals surface area contributed by atoms with Crippen LogP contribution in [0.2, 0.25) is 0 Å². The molecule has 1 aromatic heterocycles. The van der Waals surface area contributed by atoms with Crippen molar-refractivity contribution in [3.8, 4) is 11.1 Å². The molecule has 1 N–H and O–H groups in total. The highest BCUT2D eigenvalue weighted by Gasteiger charge is 2.43. The Morgan fingerprint density at radius 1 is 1.13 bits per heavy atom. The molecule has 3 aromatic rings. The molecule has 1 aliphatic rings. The summed E-state index contributed by atoms with van der Waals surface area (Å²) in [4.78, 5) is 15.8. The minimum Gasteiger partial charge on any atom is -0.437 e. The zero-order chi connectivity index (χ0) is 21.8. The van der Waals surface area contributed by atoms with Gasteiger partial charge in [0, 0.05) is 24.4 Å². The average Bonchev–Trinajstić information content (AvgIpc) is 3.34. The number of benzene rings is 2. The standard InChI is InChI=1S/C25H26FNO3S/c1-18(19-5-7-20(8-6-19)21-9-11-22(26)12-10-21)27-15-14-25(13-3-16-28,30-24(27)29)23-4-2-17-31-23/h2,4-12,17-18,28H,3,13-16H2,1H3/t18-,25?/m0/s1. The Bertz CT molecular complexity index is 1000. The lowest BCUT2D eigenvalue weighted by Crippen LogP contribution is -2.48. The van der Waals surface area contributed by atoms with Crippen LogP contribution in [-0.4, -0.2) is 29.3 Å². The maximum absolute atomic E-state index is 13.2.